The van der Waals surface area contributed by atoms with Crippen LogP contribution in [0.1, 0.15) is 12.8 Å². The summed E-state index contributed by atoms with van der Waals surface area (Å²) in [4.78, 5) is 16.8. The normalized spacial score (nSPS) is 23.0. The highest BCUT2D eigenvalue weighted by Crippen LogP contribution is 2.18. The van der Waals surface area contributed by atoms with Gasteiger partial charge in [-0.3, -0.25) is 4.90 Å². The van der Waals surface area contributed by atoms with Crippen LogP contribution in [0.3, 0.4) is 0 Å². The molecule has 1 aromatic rings. The number of likely N-dealkylation sites (tertiary alicyclic amines) is 1. The summed E-state index contributed by atoms with van der Waals surface area (Å²) < 4.78 is 7.49. The molecule has 0 aromatic carbocycles. The minimum atomic E-state index is 0.0869. The van der Waals surface area contributed by atoms with Gasteiger partial charge in [0.25, 0.3) is 0 Å². The van der Waals surface area contributed by atoms with Crippen LogP contribution in [0.15, 0.2) is 24.5 Å². The summed E-state index contributed by atoms with van der Waals surface area (Å²) in [5.41, 5.74) is 0. The summed E-state index contributed by atoms with van der Waals surface area (Å²) in [5.74, 6) is 0.594. The maximum atomic E-state index is 12.3. The van der Waals surface area contributed by atoms with Crippen molar-refractivity contribution in [2.24, 2.45) is 5.92 Å². The molecule has 3 rings (SSSR count). The fourth-order valence-corrected chi connectivity index (χ4v) is 3.47. The van der Waals surface area contributed by atoms with Crippen molar-refractivity contribution >= 4 is 6.03 Å². The van der Waals surface area contributed by atoms with Crippen molar-refractivity contribution in [1.82, 2.24) is 19.7 Å². The molecule has 1 aromatic heterocycles. The van der Waals surface area contributed by atoms with Crippen molar-refractivity contribution < 1.29 is 9.53 Å². The van der Waals surface area contributed by atoms with E-state index < -0.39 is 0 Å². The second-order valence-corrected chi connectivity index (χ2v) is 6.52. The first-order valence-corrected chi connectivity index (χ1v) is 8.75. The smallest absolute Gasteiger partial charge is 0.317 e. The number of aromatic nitrogens is 1. The van der Waals surface area contributed by atoms with E-state index in [-0.39, 0.29) is 6.03 Å². The minimum absolute atomic E-state index is 0.0869. The molecule has 1 atom stereocenters. The van der Waals surface area contributed by atoms with E-state index in [1.807, 2.05) is 29.4 Å². The fourth-order valence-electron chi connectivity index (χ4n) is 3.47. The third-order valence-corrected chi connectivity index (χ3v) is 4.74. The van der Waals surface area contributed by atoms with Gasteiger partial charge in [-0.1, -0.05) is 0 Å². The molecule has 1 N–H and O–H groups in total. The summed E-state index contributed by atoms with van der Waals surface area (Å²) in [6.07, 6.45) is 6.38. The zero-order valence-electron chi connectivity index (χ0n) is 13.8. The number of ether oxygens (including phenoxy) is 1. The first-order valence-electron chi connectivity index (χ1n) is 8.75. The maximum Gasteiger partial charge on any atom is 0.317 e. The summed E-state index contributed by atoms with van der Waals surface area (Å²) in [6.45, 7) is 8.10. The number of nitrogens with one attached hydrogen (secondary N) is 1. The zero-order valence-corrected chi connectivity index (χ0v) is 13.8. The van der Waals surface area contributed by atoms with E-state index >= 15 is 0 Å². The van der Waals surface area contributed by atoms with E-state index in [0.717, 1.165) is 58.9 Å². The van der Waals surface area contributed by atoms with Gasteiger partial charge in [0.1, 0.15) is 0 Å². The molecule has 0 unspecified atom stereocenters. The molecule has 0 saturated carbocycles. The molecule has 0 spiro atoms. The number of amides is 2. The van der Waals surface area contributed by atoms with Gasteiger partial charge in [0.05, 0.1) is 13.2 Å². The average Bonchev–Trinajstić information content (AvgIpc) is 3.09. The number of morpholine rings is 1. The Hall–Kier alpha value is -1.53. The Morgan fingerprint density at radius 1 is 1.17 bits per heavy atom. The Labute approximate surface area is 138 Å². The van der Waals surface area contributed by atoms with Gasteiger partial charge in [0.2, 0.25) is 0 Å². The van der Waals surface area contributed by atoms with Gasteiger partial charge in [-0.25, -0.2) is 4.79 Å². The van der Waals surface area contributed by atoms with Gasteiger partial charge >= 0.3 is 6.03 Å². The predicted molar refractivity (Wildman–Crippen MR) is 89.4 cm³/mol. The highest BCUT2D eigenvalue weighted by atomic mass is 16.5. The number of carbonyl (C=O) groups is 1. The Balaban J connectivity index is 1.39. The molecular formula is C17H28N4O2. The van der Waals surface area contributed by atoms with Crippen LogP contribution in [0.25, 0.3) is 0 Å². The van der Waals surface area contributed by atoms with Crippen molar-refractivity contribution in [3.05, 3.63) is 24.5 Å². The average molecular weight is 320 g/mol. The lowest BCUT2D eigenvalue weighted by molar-refractivity contribution is 0.0249. The molecule has 0 bridgehead atoms. The molecule has 2 aliphatic heterocycles. The lowest BCUT2D eigenvalue weighted by atomic mass is 9.97. The van der Waals surface area contributed by atoms with Crippen LogP contribution >= 0.6 is 0 Å². The number of urea groups is 1. The third-order valence-electron chi connectivity index (χ3n) is 4.74. The molecule has 0 aliphatic carbocycles. The van der Waals surface area contributed by atoms with Gasteiger partial charge in [0, 0.05) is 58.2 Å². The molecule has 3 heterocycles. The fraction of sp³-hybridized carbons (Fsp3) is 0.706. The third kappa shape index (κ3) is 4.97. The highest BCUT2D eigenvalue weighted by Gasteiger charge is 2.25. The Kier molecular flexibility index (Phi) is 5.93. The predicted octanol–water partition coefficient (Wildman–Crippen LogP) is 1.24. The molecular weight excluding hydrogens is 292 g/mol. The quantitative estimate of drug-likeness (QED) is 0.888. The topological polar surface area (TPSA) is 49.7 Å². The molecule has 23 heavy (non-hydrogen) atoms. The monoisotopic (exact) mass is 320 g/mol. The van der Waals surface area contributed by atoms with E-state index in [2.05, 4.69) is 14.8 Å². The van der Waals surface area contributed by atoms with E-state index in [9.17, 15) is 4.79 Å². The number of hydrogen-bond donors (Lipinski definition) is 1. The summed E-state index contributed by atoms with van der Waals surface area (Å²) in [7, 11) is 0. The molecule has 128 valence electrons. The first kappa shape index (κ1) is 16.3. The molecule has 0 radical (unpaired) electrons. The van der Waals surface area contributed by atoms with E-state index in [1.165, 1.54) is 6.42 Å². The molecule has 2 saturated heterocycles. The first-order chi connectivity index (χ1) is 11.3. The Bertz CT molecular complexity index is 471. The number of piperidine rings is 1. The van der Waals surface area contributed by atoms with Crippen molar-refractivity contribution in [2.75, 3.05) is 52.5 Å². The SMILES string of the molecule is O=C(NCCn1cccc1)N1CCC[C@H](CN2CCOCC2)C1. The van der Waals surface area contributed by atoms with Crippen LogP contribution < -0.4 is 5.32 Å². The molecule has 2 fully saturated rings. The van der Waals surface area contributed by atoms with Gasteiger partial charge < -0.3 is 19.5 Å². The highest BCUT2D eigenvalue weighted by molar-refractivity contribution is 5.74. The molecule has 2 aliphatic rings. The van der Waals surface area contributed by atoms with E-state index in [0.29, 0.717) is 12.5 Å². The van der Waals surface area contributed by atoms with E-state index in [1.54, 1.807) is 0 Å². The second-order valence-electron chi connectivity index (χ2n) is 6.52. The molecule has 2 amide bonds. The van der Waals surface area contributed by atoms with Gasteiger partial charge in [-0.2, -0.15) is 0 Å². The lowest BCUT2D eigenvalue weighted by Gasteiger charge is -2.36. The summed E-state index contributed by atoms with van der Waals surface area (Å²) >= 11 is 0. The largest absolute Gasteiger partial charge is 0.379 e. The van der Waals surface area contributed by atoms with Crippen LogP contribution in [0.5, 0.6) is 0 Å². The number of carbonyl (C=O) groups excluding carboxylic acids is 1. The van der Waals surface area contributed by atoms with Gasteiger partial charge in [-0.05, 0) is 30.9 Å². The van der Waals surface area contributed by atoms with Crippen molar-refractivity contribution in [3.63, 3.8) is 0 Å². The Morgan fingerprint density at radius 2 is 1.96 bits per heavy atom. The van der Waals surface area contributed by atoms with Gasteiger partial charge in [-0.15, -0.1) is 0 Å². The minimum Gasteiger partial charge on any atom is -0.379 e. The maximum absolute atomic E-state index is 12.3. The van der Waals surface area contributed by atoms with Crippen molar-refractivity contribution in [3.8, 4) is 0 Å². The zero-order chi connectivity index (χ0) is 15.9. The lowest BCUT2D eigenvalue weighted by Crippen LogP contribution is -2.49. The van der Waals surface area contributed by atoms with E-state index in [4.69, 9.17) is 4.74 Å². The van der Waals surface area contributed by atoms with Crippen LogP contribution in [0.2, 0.25) is 0 Å². The van der Waals surface area contributed by atoms with Crippen LogP contribution in [-0.2, 0) is 11.3 Å². The molecule has 6 heteroatoms. The van der Waals surface area contributed by atoms with Crippen molar-refractivity contribution in [1.29, 1.82) is 0 Å². The van der Waals surface area contributed by atoms with Crippen molar-refractivity contribution in [2.45, 2.75) is 19.4 Å². The van der Waals surface area contributed by atoms with Crippen LogP contribution in [-0.4, -0.2) is 72.9 Å². The summed E-state index contributed by atoms with van der Waals surface area (Å²) in [6, 6.07) is 4.09. The standard InChI is InChI=1S/C17H28N4O2/c22-17(18-5-9-19-6-1-2-7-19)21-8-3-4-16(15-21)14-20-10-12-23-13-11-20/h1-2,6-7,16H,3-5,8-15H2,(H,18,22)/t16-/m1/s1. The number of nitrogens with zero attached hydrogens (tertiary/aromatic N) is 3. The summed E-state index contributed by atoms with van der Waals surface area (Å²) in [5, 5.41) is 3.05. The van der Waals surface area contributed by atoms with Gasteiger partial charge in [0.15, 0.2) is 0 Å². The van der Waals surface area contributed by atoms with Crippen LogP contribution in [0.4, 0.5) is 4.79 Å². The van der Waals surface area contributed by atoms with Crippen LogP contribution in [0, 0.1) is 5.92 Å². The number of rotatable bonds is 5. The Morgan fingerprint density at radius 3 is 2.74 bits per heavy atom. The number of hydrogen-bond acceptors (Lipinski definition) is 3. The second kappa shape index (κ2) is 8.36. The molecule has 6 nitrogen and oxygen atoms in total.